The number of carboxylic acid groups (broad SMARTS) is 2. The third-order valence-corrected chi connectivity index (χ3v) is 4.20. The molecule has 0 spiro atoms. The first-order valence-electron chi connectivity index (χ1n) is 9.31. The van der Waals surface area contributed by atoms with Gasteiger partial charge in [0.2, 0.25) is 17.7 Å². The van der Waals surface area contributed by atoms with Gasteiger partial charge in [0.1, 0.15) is 18.1 Å². The van der Waals surface area contributed by atoms with Gasteiger partial charge in [0.05, 0.1) is 19.1 Å². The van der Waals surface area contributed by atoms with Crippen LogP contribution in [-0.2, 0) is 30.4 Å². The summed E-state index contributed by atoms with van der Waals surface area (Å²) in [5.41, 5.74) is 6.61. The topological polar surface area (TPSA) is 208 Å². The number of carboxylic acids is 2. The van der Waals surface area contributed by atoms with Gasteiger partial charge in [-0.1, -0.05) is 30.3 Å². The van der Waals surface area contributed by atoms with Crippen LogP contribution < -0.4 is 21.7 Å². The minimum atomic E-state index is -1.57. The Morgan fingerprint density at radius 1 is 0.903 bits per heavy atom. The van der Waals surface area contributed by atoms with Crippen molar-refractivity contribution in [2.45, 2.75) is 43.9 Å². The van der Waals surface area contributed by atoms with E-state index in [1.807, 2.05) is 5.32 Å². The SMILES string of the molecule is CC(NC(=O)C(CC(=O)O)NC(=O)C(N)Cc1ccccc1)C(=O)NC(CO)C(=O)O. The number of carbonyl (C=O) groups excluding carboxylic acids is 3. The number of aliphatic carboxylic acids is 2. The second-order valence-electron chi connectivity index (χ2n) is 6.77. The Morgan fingerprint density at radius 2 is 1.48 bits per heavy atom. The van der Waals surface area contributed by atoms with Crippen molar-refractivity contribution in [3.05, 3.63) is 35.9 Å². The molecule has 1 aromatic carbocycles. The molecular formula is C19H26N4O8. The van der Waals surface area contributed by atoms with Gasteiger partial charge in [-0.3, -0.25) is 19.2 Å². The Hall–Kier alpha value is -3.51. The van der Waals surface area contributed by atoms with Gasteiger partial charge < -0.3 is 37.0 Å². The van der Waals surface area contributed by atoms with E-state index in [1.54, 1.807) is 30.3 Å². The molecule has 31 heavy (non-hydrogen) atoms. The van der Waals surface area contributed by atoms with Gasteiger partial charge in [0.15, 0.2) is 0 Å². The fourth-order valence-corrected chi connectivity index (χ4v) is 2.49. The lowest BCUT2D eigenvalue weighted by molar-refractivity contribution is -0.144. The molecule has 3 amide bonds. The maximum atomic E-state index is 12.4. The smallest absolute Gasteiger partial charge is 0.328 e. The van der Waals surface area contributed by atoms with Crippen molar-refractivity contribution < 1.29 is 39.3 Å². The Labute approximate surface area is 177 Å². The molecule has 0 aromatic heterocycles. The third kappa shape index (κ3) is 8.80. The number of nitrogens with one attached hydrogen (secondary N) is 3. The average molecular weight is 438 g/mol. The summed E-state index contributed by atoms with van der Waals surface area (Å²) in [6.07, 6.45) is -0.608. The predicted molar refractivity (Wildman–Crippen MR) is 107 cm³/mol. The molecule has 0 aliphatic rings. The molecule has 0 heterocycles. The van der Waals surface area contributed by atoms with Gasteiger partial charge in [-0.2, -0.15) is 0 Å². The van der Waals surface area contributed by atoms with Crippen LogP contribution in [0, 0.1) is 0 Å². The van der Waals surface area contributed by atoms with Gasteiger partial charge >= 0.3 is 11.9 Å². The molecule has 170 valence electrons. The van der Waals surface area contributed by atoms with Gasteiger partial charge in [0.25, 0.3) is 0 Å². The highest BCUT2D eigenvalue weighted by atomic mass is 16.4. The zero-order valence-electron chi connectivity index (χ0n) is 16.8. The summed E-state index contributed by atoms with van der Waals surface area (Å²) in [6.45, 7) is 0.364. The molecule has 0 bridgehead atoms. The Bertz CT molecular complexity index is 801. The van der Waals surface area contributed by atoms with Gasteiger partial charge in [-0.15, -0.1) is 0 Å². The number of benzene rings is 1. The van der Waals surface area contributed by atoms with Crippen LogP contribution in [0.25, 0.3) is 0 Å². The molecular weight excluding hydrogens is 412 g/mol. The minimum absolute atomic E-state index is 0.157. The molecule has 4 atom stereocenters. The molecule has 0 saturated carbocycles. The summed E-state index contributed by atoms with van der Waals surface area (Å²) in [4.78, 5) is 58.7. The van der Waals surface area contributed by atoms with Crippen LogP contribution in [0.2, 0.25) is 0 Å². The van der Waals surface area contributed by atoms with Gasteiger partial charge in [-0.05, 0) is 18.9 Å². The lowest BCUT2D eigenvalue weighted by Gasteiger charge is -2.22. The lowest BCUT2D eigenvalue weighted by atomic mass is 10.1. The van der Waals surface area contributed by atoms with Crippen LogP contribution >= 0.6 is 0 Å². The number of hydrogen-bond acceptors (Lipinski definition) is 7. The molecule has 8 N–H and O–H groups in total. The van der Waals surface area contributed by atoms with E-state index in [4.69, 9.17) is 21.1 Å². The summed E-state index contributed by atoms with van der Waals surface area (Å²) < 4.78 is 0. The van der Waals surface area contributed by atoms with Crippen LogP contribution in [0.3, 0.4) is 0 Å². The first-order valence-corrected chi connectivity index (χ1v) is 9.31. The van der Waals surface area contributed by atoms with Gasteiger partial charge in [-0.25, -0.2) is 4.79 Å². The normalized spacial score (nSPS) is 14.4. The van der Waals surface area contributed by atoms with Crippen LogP contribution in [0.5, 0.6) is 0 Å². The molecule has 1 rings (SSSR count). The van der Waals surface area contributed by atoms with Crippen molar-refractivity contribution in [3.63, 3.8) is 0 Å². The second kappa shape index (κ2) is 12.2. The van der Waals surface area contributed by atoms with Crippen LogP contribution in [-0.4, -0.2) is 75.8 Å². The summed E-state index contributed by atoms with van der Waals surface area (Å²) in [5, 5.41) is 33.3. The van der Waals surface area contributed by atoms with E-state index in [0.717, 1.165) is 5.56 Å². The van der Waals surface area contributed by atoms with Crippen molar-refractivity contribution in [3.8, 4) is 0 Å². The number of rotatable bonds is 12. The highest BCUT2D eigenvalue weighted by Crippen LogP contribution is 2.03. The summed E-state index contributed by atoms with van der Waals surface area (Å²) >= 11 is 0. The molecule has 4 unspecified atom stereocenters. The number of hydrogen-bond donors (Lipinski definition) is 7. The van der Waals surface area contributed by atoms with E-state index in [0.29, 0.717) is 0 Å². The van der Waals surface area contributed by atoms with Crippen molar-refractivity contribution in [1.82, 2.24) is 16.0 Å². The zero-order valence-corrected chi connectivity index (χ0v) is 16.8. The zero-order chi connectivity index (χ0) is 23.6. The number of carbonyl (C=O) groups is 5. The van der Waals surface area contributed by atoms with E-state index in [-0.39, 0.29) is 6.42 Å². The number of nitrogens with two attached hydrogens (primary N) is 1. The second-order valence-corrected chi connectivity index (χ2v) is 6.77. The molecule has 12 heteroatoms. The molecule has 1 aromatic rings. The molecule has 12 nitrogen and oxygen atoms in total. The summed E-state index contributed by atoms with van der Waals surface area (Å²) in [6, 6.07) is 3.42. The molecule has 0 saturated heterocycles. The number of aliphatic hydroxyl groups is 1. The fourth-order valence-electron chi connectivity index (χ4n) is 2.49. The van der Waals surface area contributed by atoms with E-state index < -0.39 is 66.9 Å². The highest BCUT2D eigenvalue weighted by Gasteiger charge is 2.29. The van der Waals surface area contributed by atoms with E-state index in [2.05, 4.69) is 10.6 Å². The predicted octanol–water partition coefficient (Wildman–Crippen LogP) is -2.42. The lowest BCUT2D eigenvalue weighted by Crippen LogP contribution is -2.57. The molecule has 0 fully saturated rings. The van der Waals surface area contributed by atoms with Crippen LogP contribution in [0.4, 0.5) is 0 Å². The molecule has 0 radical (unpaired) electrons. The standard InChI is InChI=1S/C19H26N4O8/c1-10(16(27)23-14(9-24)19(30)31)21-18(29)13(8-15(25)26)22-17(28)12(20)7-11-5-3-2-4-6-11/h2-6,10,12-14,24H,7-9,20H2,1H3,(H,21,29)(H,22,28)(H,23,27)(H,25,26)(H,30,31). The molecule has 0 aliphatic heterocycles. The summed E-state index contributed by atoms with van der Waals surface area (Å²) in [7, 11) is 0. The molecule has 0 aliphatic carbocycles. The van der Waals surface area contributed by atoms with E-state index in [9.17, 15) is 24.0 Å². The Balaban J connectivity index is 2.75. The number of aliphatic hydroxyl groups excluding tert-OH is 1. The first kappa shape index (κ1) is 25.5. The maximum Gasteiger partial charge on any atom is 0.328 e. The monoisotopic (exact) mass is 438 g/mol. The van der Waals surface area contributed by atoms with Crippen molar-refractivity contribution in [2.24, 2.45) is 5.73 Å². The maximum absolute atomic E-state index is 12.4. The minimum Gasteiger partial charge on any atom is -0.481 e. The summed E-state index contributed by atoms with van der Waals surface area (Å²) in [5.74, 6) is -5.50. The fraction of sp³-hybridized carbons (Fsp3) is 0.421. The largest absolute Gasteiger partial charge is 0.481 e. The number of amides is 3. The van der Waals surface area contributed by atoms with Crippen LogP contribution in [0.15, 0.2) is 30.3 Å². The van der Waals surface area contributed by atoms with Crippen molar-refractivity contribution in [2.75, 3.05) is 6.61 Å². The van der Waals surface area contributed by atoms with Crippen molar-refractivity contribution in [1.29, 1.82) is 0 Å². The third-order valence-electron chi connectivity index (χ3n) is 4.20. The Morgan fingerprint density at radius 3 is 2.00 bits per heavy atom. The van der Waals surface area contributed by atoms with Gasteiger partial charge in [0, 0.05) is 0 Å². The highest BCUT2D eigenvalue weighted by molar-refractivity contribution is 5.95. The van der Waals surface area contributed by atoms with E-state index >= 15 is 0 Å². The average Bonchev–Trinajstić information content (AvgIpc) is 2.71. The van der Waals surface area contributed by atoms with Crippen LogP contribution in [0.1, 0.15) is 18.9 Å². The van der Waals surface area contributed by atoms with Crippen molar-refractivity contribution >= 4 is 29.7 Å². The first-order chi connectivity index (χ1) is 14.5. The quantitative estimate of drug-likeness (QED) is 0.185. The Kier molecular flexibility index (Phi) is 10.1. The van der Waals surface area contributed by atoms with E-state index in [1.165, 1.54) is 6.92 Å².